The van der Waals surface area contributed by atoms with Crippen LogP contribution in [0.1, 0.15) is 48.3 Å². The third-order valence-corrected chi connectivity index (χ3v) is 4.13. The maximum absolute atomic E-state index is 12.1. The molecule has 0 atom stereocenters. The van der Waals surface area contributed by atoms with Crippen LogP contribution in [0.15, 0.2) is 42.7 Å². The molecule has 2 heterocycles. The molecule has 2 N–H and O–H groups in total. The van der Waals surface area contributed by atoms with Crippen molar-refractivity contribution in [1.82, 2.24) is 15.3 Å². The molecule has 1 amide bonds. The van der Waals surface area contributed by atoms with Gasteiger partial charge in [0.25, 0.3) is 5.91 Å². The number of pyridine rings is 2. The number of amides is 1. The van der Waals surface area contributed by atoms with Crippen molar-refractivity contribution < 1.29 is 4.79 Å². The molecule has 2 aromatic rings. The number of carbonyl (C=O) groups excluding carboxylic acids is 1. The van der Waals surface area contributed by atoms with E-state index in [-0.39, 0.29) is 5.91 Å². The van der Waals surface area contributed by atoms with Crippen molar-refractivity contribution in [3.63, 3.8) is 0 Å². The molecule has 1 saturated carbocycles. The Kier molecular flexibility index (Phi) is 5.19. The van der Waals surface area contributed by atoms with Crippen molar-refractivity contribution in [3.05, 3.63) is 54.1 Å². The lowest BCUT2D eigenvalue weighted by molar-refractivity contribution is 0.0945. The van der Waals surface area contributed by atoms with Crippen LogP contribution in [0, 0.1) is 0 Å². The number of hydrogen-bond donors (Lipinski definition) is 2. The number of aromatic nitrogens is 2. The quantitative estimate of drug-likeness (QED) is 0.890. The van der Waals surface area contributed by atoms with Crippen molar-refractivity contribution >= 4 is 11.6 Å². The van der Waals surface area contributed by atoms with Gasteiger partial charge in [-0.15, -0.1) is 0 Å². The van der Waals surface area contributed by atoms with E-state index in [2.05, 4.69) is 20.6 Å². The lowest BCUT2D eigenvalue weighted by Crippen LogP contribution is -2.25. The highest BCUT2D eigenvalue weighted by atomic mass is 16.1. The highest BCUT2D eigenvalue weighted by Gasteiger charge is 2.13. The van der Waals surface area contributed by atoms with Gasteiger partial charge in [-0.3, -0.25) is 9.78 Å². The van der Waals surface area contributed by atoms with Gasteiger partial charge in [0.05, 0.1) is 24.1 Å². The molecule has 1 aliphatic carbocycles. The van der Waals surface area contributed by atoms with Crippen LogP contribution in [-0.2, 0) is 6.54 Å². The van der Waals surface area contributed by atoms with Crippen LogP contribution in [0.3, 0.4) is 0 Å². The minimum Gasteiger partial charge on any atom is -0.381 e. The highest BCUT2D eigenvalue weighted by molar-refractivity contribution is 5.92. The fraction of sp³-hybridized carbons (Fsp3) is 0.389. The smallest absolute Gasteiger partial charge is 0.270 e. The number of nitrogens with zero attached hydrogens (tertiary/aromatic N) is 2. The Balaban J connectivity index is 1.52. The van der Waals surface area contributed by atoms with Crippen LogP contribution in [0.25, 0.3) is 0 Å². The van der Waals surface area contributed by atoms with Crippen molar-refractivity contribution in [3.8, 4) is 0 Å². The predicted octanol–water partition coefficient (Wildman–Crippen LogP) is 3.15. The molecule has 2 aromatic heterocycles. The van der Waals surface area contributed by atoms with E-state index in [1.54, 1.807) is 18.5 Å². The maximum atomic E-state index is 12.1. The molecule has 3 rings (SSSR count). The third kappa shape index (κ3) is 4.52. The van der Waals surface area contributed by atoms with E-state index in [0.29, 0.717) is 18.3 Å². The Morgan fingerprint density at radius 2 is 1.96 bits per heavy atom. The van der Waals surface area contributed by atoms with Gasteiger partial charge in [-0.1, -0.05) is 25.3 Å². The average Bonchev–Trinajstić information content (AvgIpc) is 2.62. The van der Waals surface area contributed by atoms with Gasteiger partial charge < -0.3 is 10.6 Å². The predicted molar refractivity (Wildman–Crippen MR) is 90.1 cm³/mol. The maximum Gasteiger partial charge on any atom is 0.270 e. The van der Waals surface area contributed by atoms with E-state index < -0.39 is 0 Å². The zero-order chi connectivity index (χ0) is 15.9. The fourth-order valence-electron chi connectivity index (χ4n) is 2.86. The zero-order valence-corrected chi connectivity index (χ0v) is 13.2. The van der Waals surface area contributed by atoms with Crippen molar-refractivity contribution in [1.29, 1.82) is 0 Å². The van der Waals surface area contributed by atoms with E-state index in [1.807, 2.05) is 24.3 Å². The minimum atomic E-state index is -0.181. The normalized spacial score (nSPS) is 15.1. The lowest BCUT2D eigenvalue weighted by Gasteiger charge is -2.23. The molecule has 5 heteroatoms. The summed E-state index contributed by atoms with van der Waals surface area (Å²) in [5.41, 5.74) is 2.24. The van der Waals surface area contributed by atoms with Crippen LogP contribution in [0.5, 0.6) is 0 Å². The Morgan fingerprint density at radius 1 is 1.09 bits per heavy atom. The Hall–Kier alpha value is -2.43. The number of anilines is 1. The van der Waals surface area contributed by atoms with Crippen LogP contribution in [0.2, 0.25) is 0 Å². The first-order valence-electron chi connectivity index (χ1n) is 8.22. The van der Waals surface area contributed by atoms with Gasteiger partial charge in [0.1, 0.15) is 5.69 Å². The number of nitrogens with one attached hydrogen (secondary N) is 2. The Labute approximate surface area is 136 Å². The van der Waals surface area contributed by atoms with Crippen molar-refractivity contribution in [2.24, 2.45) is 0 Å². The standard InChI is InChI=1S/C18H22N4O/c23-18(21-12-15-8-4-5-11-19-15)17-10-9-16(13-20-17)22-14-6-2-1-3-7-14/h4-5,8-11,13-14,22H,1-3,6-7,12H2,(H,21,23). The summed E-state index contributed by atoms with van der Waals surface area (Å²) in [4.78, 5) is 20.5. The molecule has 120 valence electrons. The van der Waals surface area contributed by atoms with Gasteiger partial charge in [0.2, 0.25) is 0 Å². The number of carbonyl (C=O) groups is 1. The second-order valence-electron chi connectivity index (χ2n) is 5.92. The summed E-state index contributed by atoms with van der Waals surface area (Å²) in [6, 6.07) is 9.86. The molecule has 23 heavy (non-hydrogen) atoms. The largest absolute Gasteiger partial charge is 0.381 e. The van der Waals surface area contributed by atoms with Gasteiger partial charge in [0, 0.05) is 12.2 Å². The van der Waals surface area contributed by atoms with E-state index in [1.165, 1.54) is 32.1 Å². The fourth-order valence-corrected chi connectivity index (χ4v) is 2.86. The summed E-state index contributed by atoms with van der Waals surface area (Å²) in [6.45, 7) is 0.406. The molecule has 0 aromatic carbocycles. The van der Waals surface area contributed by atoms with E-state index in [4.69, 9.17) is 0 Å². The van der Waals surface area contributed by atoms with Crippen molar-refractivity contribution in [2.45, 2.75) is 44.7 Å². The van der Waals surface area contributed by atoms with Crippen LogP contribution < -0.4 is 10.6 Å². The van der Waals surface area contributed by atoms with Crippen LogP contribution in [0.4, 0.5) is 5.69 Å². The first kappa shape index (κ1) is 15.5. The Morgan fingerprint density at radius 3 is 2.65 bits per heavy atom. The third-order valence-electron chi connectivity index (χ3n) is 4.13. The van der Waals surface area contributed by atoms with Gasteiger partial charge >= 0.3 is 0 Å². The molecule has 0 spiro atoms. The summed E-state index contributed by atoms with van der Waals surface area (Å²) in [5, 5.41) is 6.33. The molecule has 0 aliphatic heterocycles. The molecule has 5 nitrogen and oxygen atoms in total. The van der Waals surface area contributed by atoms with Crippen molar-refractivity contribution in [2.75, 3.05) is 5.32 Å². The molecule has 0 unspecified atom stereocenters. The second-order valence-corrected chi connectivity index (χ2v) is 5.92. The first-order chi connectivity index (χ1) is 11.3. The molecular formula is C18H22N4O. The van der Waals surface area contributed by atoms with Gasteiger partial charge in [0.15, 0.2) is 0 Å². The zero-order valence-electron chi connectivity index (χ0n) is 13.2. The van der Waals surface area contributed by atoms with E-state index >= 15 is 0 Å². The number of rotatable bonds is 5. The number of hydrogen-bond acceptors (Lipinski definition) is 4. The first-order valence-corrected chi connectivity index (χ1v) is 8.22. The summed E-state index contributed by atoms with van der Waals surface area (Å²) in [7, 11) is 0. The molecule has 0 radical (unpaired) electrons. The van der Waals surface area contributed by atoms with Gasteiger partial charge in [-0.05, 0) is 37.1 Å². The molecule has 1 fully saturated rings. The molecular weight excluding hydrogens is 288 g/mol. The summed E-state index contributed by atoms with van der Waals surface area (Å²) in [5.74, 6) is -0.181. The second kappa shape index (κ2) is 7.72. The van der Waals surface area contributed by atoms with Crippen LogP contribution >= 0.6 is 0 Å². The summed E-state index contributed by atoms with van der Waals surface area (Å²) < 4.78 is 0. The lowest BCUT2D eigenvalue weighted by atomic mass is 9.95. The van der Waals surface area contributed by atoms with Gasteiger partial charge in [-0.25, -0.2) is 4.98 Å². The van der Waals surface area contributed by atoms with Crippen LogP contribution in [-0.4, -0.2) is 21.9 Å². The van der Waals surface area contributed by atoms with Gasteiger partial charge in [-0.2, -0.15) is 0 Å². The summed E-state index contributed by atoms with van der Waals surface area (Å²) in [6.07, 6.45) is 9.80. The molecule has 0 bridgehead atoms. The Bertz CT molecular complexity index is 621. The SMILES string of the molecule is O=C(NCc1ccccn1)c1ccc(NC2CCCCC2)cn1. The summed E-state index contributed by atoms with van der Waals surface area (Å²) >= 11 is 0. The minimum absolute atomic E-state index is 0.181. The topological polar surface area (TPSA) is 66.9 Å². The average molecular weight is 310 g/mol. The van der Waals surface area contributed by atoms with E-state index in [9.17, 15) is 4.79 Å². The molecule has 0 saturated heterocycles. The molecule has 1 aliphatic rings. The highest BCUT2D eigenvalue weighted by Crippen LogP contribution is 2.21. The van der Waals surface area contributed by atoms with E-state index in [0.717, 1.165) is 11.4 Å². The monoisotopic (exact) mass is 310 g/mol.